The van der Waals surface area contributed by atoms with Crippen LogP contribution in [0.1, 0.15) is 26.7 Å². The molecule has 0 aromatic rings. The topological polar surface area (TPSA) is 73.9 Å². The van der Waals surface area contributed by atoms with Crippen LogP contribution in [0.15, 0.2) is 24.3 Å². The molecule has 2 bridgehead atoms. The van der Waals surface area contributed by atoms with E-state index in [9.17, 15) is 9.59 Å². The van der Waals surface area contributed by atoms with Crippen LogP contribution in [-0.2, 0) is 23.8 Å². The molecule has 0 aromatic heterocycles. The number of methoxy groups -OCH3 is 1. The Morgan fingerprint density at radius 2 is 2.17 bits per heavy atom. The lowest BCUT2D eigenvalue weighted by Crippen LogP contribution is -2.52. The maximum Gasteiger partial charge on any atom is 0.253 e. The van der Waals surface area contributed by atoms with Crippen LogP contribution in [0.4, 0.5) is 0 Å². The Kier molecular flexibility index (Phi) is 4.16. The zero-order valence-electron chi connectivity index (χ0n) is 13.7. The van der Waals surface area contributed by atoms with Crippen molar-refractivity contribution in [1.82, 2.24) is 5.32 Å². The van der Waals surface area contributed by atoms with Gasteiger partial charge in [-0.25, -0.2) is 0 Å². The van der Waals surface area contributed by atoms with Gasteiger partial charge in [0.25, 0.3) is 5.91 Å². The van der Waals surface area contributed by atoms with Crippen LogP contribution in [-0.4, -0.2) is 48.9 Å². The monoisotopic (exact) mass is 321 g/mol. The van der Waals surface area contributed by atoms with E-state index in [2.05, 4.69) is 11.9 Å². The lowest BCUT2D eigenvalue weighted by atomic mass is 9.87. The highest BCUT2D eigenvalue weighted by atomic mass is 16.7. The molecule has 2 saturated heterocycles. The Hall–Kier alpha value is -1.50. The second kappa shape index (κ2) is 5.85. The van der Waals surface area contributed by atoms with Crippen molar-refractivity contribution in [2.45, 2.75) is 56.7 Å². The summed E-state index contributed by atoms with van der Waals surface area (Å²) < 4.78 is 18.2. The number of ether oxygens (including phenoxy) is 3. The predicted octanol–water partition coefficient (Wildman–Crippen LogP) is 1.11. The summed E-state index contributed by atoms with van der Waals surface area (Å²) in [4.78, 5) is 23.8. The van der Waals surface area contributed by atoms with E-state index in [1.165, 1.54) is 0 Å². The van der Waals surface area contributed by atoms with Crippen LogP contribution in [0, 0.1) is 5.92 Å². The van der Waals surface area contributed by atoms with E-state index >= 15 is 0 Å². The fraction of sp³-hybridized carbons (Fsp3) is 0.647. The van der Waals surface area contributed by atoms with Gasteiger partial charge in [0.15, 0.2) is 0 Å². The normalized spacial score (nSPS) is 42.6. The number of rotatable bonds is 5. The molecule has 1 unspecified atom stereocenters. The van der Waals surface area contributed by atoms with Gasteiger partial charge in [0, 0.05) is 12.7 Å². The van der Waals surface area contributed by atoms with Gasteiger partial charge in [0.1, 0.15) is 23.9 Å². The van der Waals surface area contributed by atoms with Gasteiger partial charge in [0.05, 0.1) is 12.0 Å². The van der Waals surface area contributed by atoms with Crippen LogP contribution < -0.4 is 5.32 Å². The number of amides is 2. The van der Waals surface area contributed by atoms with Crippen molar-refractivity contribution in [1.29, 1.82) is 0 Å². The molecule has 0 aliphatic carbocycles. The standard InChI is InChI=1S/C17H23NO5/c1-5-7-11-17(6-2)14(21-4)13(22-11)12(23-17)10-8-9(3)15(19)18-16(10)20/h5,8,10-14H,1,6-7H2,2-4H3,(H,18,19,20)/t10?,11-,12+,13+,14+,17+/m1/s1. The van der Waals surface area contributed by atoms with Crippen LogP contribution in [0.25, 0.3) is 0 Å². The van der Waals surface area contributed by atoms with E-state index in [1.807, 2.05) is 13.0 Å². The molecule has 0 saturated carbocycles. The largest absolute Gasteiger partial charge is 0.376 e. The first kappa shape index (κ1) is 16.4. The molecule has 0 spiro atoms. The molecule has 3 heterocycles. The maximum atomic E-state index is 12.2. The van der Waals surface area contributed by atoms with Gasteiger partial charge >= 0.3 is 0 Å². The molecule has 2 fully saturated rings. The van der Waals surface area contributed by atoms with E-state index in [1.54, 1.807) is 20.1 Å². The van der Waals surface area contributed by atoms with E-state index in [0.29, 0.717) is 18.4 Å². The maximum absolute atomic E-state index is 12.2. The lowest BCUT2D eigenvalue weighted by molar-refractivity contribution is -0.198. The fourth-order valence-corrected chi connectivity index (χ4v) is 4.04. The second-order valence-electron chi connectivity index (χ2n) is 6.35. The van der Waals surface area contributed by atoms with Crippen LogP contribution >= 0.6 is 0 Å². The van der Waals surface area contributed by atoms with Gasteiger partial charge in [0.2, 0.25) is 5.91 Å². The summed E-state index contributed by atoms with van der Waals surface area (Å²) in [6, 6.07) is 0. The van der Waals surface area contributed by atoms with Crippen LogP contribution in [0.3, 0.4) is 0 Å². The smallest absolute Gasteiger partial charge is 0.253 e. The fourth-order valence-electron chi connectivity index (χ4n) is 4.04. The lowest BCUT2D eigenvalue weighted by Gasteiger charge is -2.39. The number of hydrogen-bond acceptors (Lipinski definition) is 5. The summed E-state index contributed by atoms with van der Waals surface area (Å²) >= 11 is 0. The van der Waals surface area contributed by atoms with Gasteiger partial charge in [-0.2, -0.15) is 0 Å². The molecular formula is C17H23NO5. The molecule has 3 aliphatic heterocycles. The number of nitrogens with one attached hydrogen (secondary N) is 1. The predicted molar refractivity (Wildman–Crippen MR) is 82.6 cm³/mol. The van der Waals surface area contributed by atoms with Crippen molar-refractivity contribution in [3.8, 4) is 0 Å². The Morgan fingerprint density at radius 3 is 2.78 bits per heavy atom. The average molecular weight is 321 g/mol. The van der Waals surface area contributed by atoms with Crippen molar-refractivity contribution in [3.05, 3.63) is 24.3 Å². The zero-order chi connectivity index (χ0) is 16.8. The van der Waals surface area contributed by atoms with Gasteiger partial charge in [-0.05, 0) is 19.8 Å². The summed E-state index contributed by atoms with van der Waals surface area (Å²) in [5.74, 6) is -1.25. The second-order valence-corrected chi connectivity index (χ2v) is 6.35. The van der Waals surface area contributed by atoms with E-state index < -0.39 is 17.6 Å². The molecule has 23 heavy (non-hydrogen) atoms. The number of carbonyl (C=O) groups excluding carboxylic acids is 2. The molecule has 0 aromatic carbocycles. The third-order valence-electron chi connectivity index (χ3n) is 5.19. The minimum absolute atomic E-state index is 0.130. The zero-order valence-corrected chi connectivity index (χ0v) is 13.7. The molecule has 2 amide bonds. The van der Waals surface area contributed by atoms with E-state index in [4.69, 9.17) is 14.2 Å². The molecule has 6 heteroatoms. The molecule has 126 valence electrons. The van der Waals surface area contributed by atoms with Gasteiger partial charge < -0.3 is 14.2 Å². The number of carbonyl (C=O) groups is 2. The van der Waals surface area contributed by atoms with Crippen molar-refractivity contribution in [2.75, 3.05) is 7.11 Å². The molecule has 0 radical (unpaired) electrons. The highest BCUT2D eigenvalue weighted by molar-refractivity contribution is 6.08. The summed E-state index contributed by atoms with van der Waals surface area (Å²) in [7, 11) is 1.64. The quantitative estimate of drug-likeness (QED) is 0.606. The molecule has 3 rings (SSSR count). The summed E-state index contributed by atoms with van der Waals surface area (Å²) in [6.45, 7) is 7.49. The molecule has 3 aliphatic rings. The minimum atomic E-state index is -0.582. The summed E-state index contributed by atoms with van der Waals surface area (Å²) in [6.07, 6.45) is 3.71. The number of imide groups is 1. The third kappa shape index (κ3) is 2.28. The average Bonchev–Trinajstić information content (AvgIpc) is 3.00. The van der Waals surface area contributed by atoms with Crippen molar-refractivity contribution >= 4 is 11.8 Å². The number of fused-ring (bicyclic) bond motifs is 2. The SMILES string of the molecule is C=CC[C@H]1O[C@H]2[C@H](C3C=C(C)C(=O)NC3=O)O[C@]1(CC)[C@H]2OC. The van der Waals surface area contributed by atoms with Crippen molar-refractivity contribution in [2.24, 2.45) is 5.92 Å². The highest BCUT2D eigenvalue weighted by Crippen LogP contribution is 2.51. The van der Waals surface area contributed by atoms with E-state index in [0.717, 1.165) is 0 Å². The Bertz CT molecular complexity index is 571. The van der Waals surface area contributed by atoms with Gasteiger partial charge in [-0.3, -0.25) is 14.9 Å². The summed E-state index contributed by atoms with van der Waals surface area (Å²) in [5.41, 5.74) is -0.0648. The first-order chi connectivity index (χ1) is 11.0. The van der Waals surface area contributed by atoms with Gasteiger partial charge in [-0.1, -0.05) is 19.1 Å². The Morgan fingerprint density at radius 1 is 1.43 bits per heavy atom. The van der Waals surface area contributed by atoms with Gasteiger partial charge in [-0.15, -0.1) is 6.58 Å². The minimum Gasteiger partial charge on any atom is -0.376 e. The van der Waals surface area contributed by atoms with E-state index in [-0.39, 0.29) is 30.1 Å². The molecule has 6 atom stereocenters. The highest BCUT2D eigenvalue weighted by Gasteiger charge is 2.67. The van der Waals surface area contributed by atoms with Crippen LogP contribution in [0.5, 0.6) is 0 Å². The molecule has 6 nitrogen and oxygen atoms in total. The van der Waals surface area contributed by atoms with Crippen molar-refractivity contribution in [3.63, 3.8) is 0 Å². The first-order valence-corrected chi connectivity index (χ1v) is 7.99. The Labute approximate surface area is 135 Å². The van der Waals surface area contributed by atoms with Crippen molar-refractivity contribution < 1.29 is 23.8 Å². The third-order valence-corrected chi connectivity index (χ3v) is 5.19. The molecule has 1 N–H and O–H groups in total. The van der Waals surface area contributed by atoms with Crippen LogP contribution in [0.2, 0.25) is 0 Å². The molecular weight excluding hydrogens is 298 g/mol. The first-order valence-electron chi connectivity index (χ1n) is 7.99. The summed E-state index contributed by atoms with van der Waals surface area (Å²) in [5, 5.41) is 2.38. The number of hydrogen-bond donors (Lipinski definition) is 1. The Balaban J connectivity index is 1.92.